The Morgan fingerprint density at radius 1 is 0.605 bits per heavy atom. The molecule has 1 N–H and O–H groups in total. The molecule has 0 aliphatic rings. The third-order valence-corrected chi connectivity index (χ3v) is 10.9. The molecule has 4 heteroatoms. The Balaban J connectivity index is 1.51. The standard InChI is InChI=1S/C34H28N2OP/c1-26-22-23-31(27-14-6-2-7-15-27)32(24-26)35-34-36-33(25-37-34)38(28-16-8-3-9-17-28,29-18-10-4-11-19-29)30-20-12-5-13-21-30/h2-25H,1H3,(H,35,36)/q+1. The summed E-state index contributed by atoms with van der Waals surface area (Å²) in [5.41, 5.74) is 5.30. The maximum Gasteiger partial charge on any atom is 0.302 e. The second-order valence-electron chi connectivity index (χ2n) is 9.23. The zero-order valence-electron chi connectivity index (χ0n) is 21.2. The molecule has 0 fully saturated rings. The average Bonchev–Trinajstić information content (AvgIpc) is 3.44. The number of hydrogen-bond acceptors (Lipinski definition) is 3. The fourth-order valence-electron chi connectivity index (χ4n) is 5.02. The van der Waals surface area contributed by atoms with E-state index in [1.807, 2.05) is 12.3 Å². The quantitative estimate of drug-likeness (QED) is 0.234. The van der Waals surface area contributed by atoms with E-state index in [-0.39, 0.29) is 0 Å². The summed E-state index contributed by atoms with van der Waals surface area (Å²) in [6.45, 7) is 2.09. The lowest BCUT2D eigenvalue weighted by Gasteiger charge is -2.24. The van der Waals surface area contributed by atoms with Crippen molar-refractivity contribution in [2.75, 3.05) is 5.32 Å². The number of benzene rings is 5. The van der Waals surface area contributed by atoms with Crippen molar-refractivity contribution in [2.24, 2.45) is 0 Å². The van der Waals surface area contributed by atoms with Crippen molar-refractivity contribution >= 4 is 40.3 Å². The van der Waals surface area contributed by atoms with Gasteiger partial charge in [-0.25, -0.2) is 0 Å². The van der Waals surface area contributed by atoms with Gasteiger partial charge in [0.2, 0.25) is 5.44 Å². The predicted octanol–water partition coefficient (Wildman–Crippen LogP) is 7.01. The van der Waals surface area contributed by atoms with Gasteiger partial charge in [0.05, 0.1) is 5.69 Å². The largest absolute Gasteiger partial charge is 0.427 e. The SMILES string of the molecule is Cc1ccc(-c2ccccc2)c(Nc2nc([P+](c3ccccc3)(c3ccccc3)c3ccccc3)co2)c1. The number of aromatic nitrogens is 1. The van der Waals surface area contributed by atoms with Crippen molar-refractivity contribution in [3.05, 3.63) is 151 Å². The van der Waals surface area contributed by atoms with E-state index >= 15 is 0 Å². The Hall–Kier alpha value is -4.46. The van der Waals surface area contributed by atoms with Crippen LogP contribution in [0.1, 0.15) is 5.56 Å². The molecule has 38 heavy (non-hydrogen) atoms. The minimum Gasteiger partial charge on any atom is -0.427 e. The Morgan fingerprint density at radius 3 is 1.63 bits per heavy atom. The first-order chi connectivity index (χ1) is 18.7. The lowest BCUT2D eigenvalue weighted by atomic mass is 10.0. The molecule has 6 rings (SSSR count). The van der Waals surface area contributed by atoms with Gasteiger partial charge in [0.25, 0.3) is 0 Å². The molecule has 0 spiro atoms. The van der Waals surface area contributed by atoms with E-state index < -0.39 is 7.26 Å². The first-order valence-corrected chi connectivity index (χ1v) is 14.5. The van der Waals surface area contributed by atoms with E-state index in [0.29, 0.717) is 6.01 Å². The average molecular weight is 512 g/mol. The van der Waals surface area contributed by atoms with Crippen LogP contribution in [0.25, 0.3) is 11.1 Å². The summed E-state index contributed by atoms with van der Waals surface area (Å²) in [6, 6.07) is 49.4. The molecule has 0 atom stereocenters. The lowest BCUT2D eigenvalue weighted by molar-refractivity contribution is 0.579. The minimum atomic E-state index is -2.31. The molecule has 0 saturated heterocycles. The number of rotatable bonds is 7. The zero-order valence-corrected chi connectivity index (χ0v) is 22.1. The number of nitrogens with zero attached hydrogens (tertiary/aromatic N) is 1. The zero-order chi connectivity index (χ0) is 25.8. The maximum atomic E-state index is 6.18. The molecule has 0 bridgehead atoms. The van der Waals surface area contributed by atoms with Gasteiger partial charge in [-0.1, -0.05) is 97.1 Å². The first kappa shape index (κ1) is 23.9. The molecule has 0 radical (unpaired) electrons. The Morgan fingerprint density at radius 2 is 1.11 bits per heavy atom. The van der Waals surface area contributed by atoms with E-state index in [9.17, 15) is 0 Å². The smallest absolute Gasteiger partial charge is 0.302 e. The molecule has 1 aromatic heterocycles. The molecule has 3 nitrogen and oxygen atoms in total. The van der Waals surface area contributed by atoms with E-state index in [1.165, 1.54) is 21.5 Å². The molecule has 184 valence electrons. The van der Waals surface area contributed by atoms with E-state index in [4.69, 9.17) is 9.40 Å². The molecule has 0 saturated carbocycles. The Bertz CT molecular complexity index is 1540. The highest BCUT2D eigenvalue weighted by Crippen LogP contribution is 2.54. The lowest BCUT2D eigenvalue weighted by Crippen LogP contribution is -2.39. The minimum absolute atomic E-state index is 0.481. The summed E-state index contributed by atoms with van der Waals surface area (Å²) in [5, 5.41) is 7.20. The number of hydrogen-bond donors (Lipinski definition) is 1. The van der Waals surface area contributed by atoms with Crippen LogP contribution < -0.4 is 26.7 Å². The van der Waals surface area contributed by atoms with Crippen molar-refractivity contribution in [1.29, 1.82) is 0 Å². The van der Waals surface area contributed by atoms with Gasteiger partial charge < -0.3 is 9.73 Å². The Labute approximate surface area is 224 Å². The van der Waals surface area contributed by atoms with Gasteiger partial charge in [-0.3, -0.25) is 0 Å². The van der Waals surface area contributed by atoms with Gasteiger partial charge in [0.15, 0.2) is 13.5 Å². The van der Waals surface area contributed by atoms with Crippen LogP contribution in [0, 0.1) is 6.92 Å². The van der Waals surface area contributed by atoms with Crippen molar-refractivity contribution in [1.82, 2.24) is 4.98 Å². The summed E-state index contributed by atoms with van der Waals surface area (Å²) >= 11 is 0. The highest BCUT2D eigenvalue weighted by molar-refractivity contribution is 8.01. The summed E-state index contributed by atoms with van der Waals surface area (Å²) in [7, 11) is -2.31. The van der Waals surface area contributed by atoms with Gasteiger partial charge in [0, 0.05) is 5.56 Å². The van der Waals surface area contributed by atoms with E-state index in [2.05, 4.69) is 146 Å². The number of oxazole rings is 1. The van der Waals surface area contributed by atoms with Crippen molar-refractivity contribution in [3.63, 3.8) is 0 Å². The summed E-state index contributed by atoms with van der Waals surface area (Å²) in [6.07, 6.45) is 1.83. The van der Waals surface area contributed by atoms with Crippen LogP contribution in [0.3, 0.4) is 0 Å². The van der Waals surface area contributed by atoms with Crippen LogP contribution in [-0.2, 0) is 0 Å². The molecule has 1 heterocycles. The Kier molecular flexibility index (Phi) is 6.60. The molecule has 0 aliphatic heterocycles. The third-order valence-electron chi connectivity index (χ3n) is 6.77. The van der Waals surface area contributed by atoms with E-state index in [1.54, 1.807) is 0 Å². The van der Waals surface area contributed by atoms with Crippen LogP contribution in [0.2, 0.25) is 0 Å². The van der Waals surface area contributed by atoms with Crippen molar-refractivity contribution < 1.29 is 4.42 Å². The van der Waals surface area contributed by atoms with Crippen LogP contribution in [0.15, 0.2) is 150 Å². The fourth-order valence-corrected chi connectivity index (χ4v) is 9.02. The van der Waals surface area contributed by atoms with Gasteiger partial charge in [-0.05, 0) is 60.5 Å². The van der Waals surface area contributed by atoms with Crippen LogP contribution in [0.4, 0.5) is 11.7 Å². The normalized spacial score (nSPS) is 11.3. The predicted molar refractivity (Wildman–Crippen MR) is 161 cm³/mol. The molecule has 0 unspecified atom stereocenters. The fraction of sp³-hybridized carbons (Fsp3) is 0.0294. The second kappa shape index (κ2) is 10.5. The summed E-state index contributed by atoms with van der Waals surface area (Å²) in [5.74, 6) is 0. The highest BCUT2D eigenvalue weighted by Gasteiger charge is 2.50. The number of aryl methyl sites for hydroxylation is 1. The molecular formula is C34H28N2OP+. The highest BCUT2D eigenvalue weighted by atomic mass is 31.2. The van der Waals surface area contributed by atoms with Crippen molar-refractivity contribution in [3.8, 4) is 11.1 Å². The summed E-state index contributed by atoms with van der Waals surface area (Å²) < 4.78 is 6.18. The molecule has 5 aromatic carbocycles. The maximum absolute atomic E-state index is 6.18. The van der Waals surface area contributed by atoms with Gasteiger partial charge in [0.1, 0.15) is 15.9 Å². The van der Waals surface area contributed by atoms with Crippen LogP contribution >= 0.6 is 7.26 Å². The van der Waals surface area contributed by atoms with Crippen LogP contribution in [-0.4, -0.2) is 4.98 Å². The monoisotopic (exact) mass is 511 g/mol. The van der Waals surface area contributed by atoms with Gasteiger partial charge in [-0.15, -0.1) is 0 Å². The second-order valence-corrected chi connectivity index (χ2v) is 12.6. The molecule has 0 amide bonds. The van der Waals surface area contributed by atoms with Gasteiger partial charge >= 0.3 is 6.01 Å². The molecule has 0 aliphatic carbocycles. The summed E-state index contributed by atoms with van der Waals surface area (Å²) in [4.78, 5) is 5.14. The van der Waals surface area contributed by atoms with E-state index in [0.717, 1.165) is 22.2 Å². The number of nitrogens with one attached hydrogen (secondary N) is 1. The first-order valence-electron chi connectivity index (χ1n) is 12.7. The number of anilines is 2. The molecular weight excluding hydrogens is 483 g/mol. The van der Waals surface area contributed by atoms with Crippen molar-refractivity contribution in [2.45, 2.75) is 6.92 Å². The molecule has 6 aromatic rings. The topological polar surface area (TPSA) is 38.1 Å². The third kappa shape index (κ3) is 4.42. The van der Waals surface area contributed by atoms with Gasteiger partial charge in [-0.2, -0.15) is 4.98 Å². The van der Waals surface area contributed by atoms with Crippen LogP contribution in [0.5, 0.6) is 0 Å².